The first-order chi connectivity index (χ1) is 16.7. The first-order valence-corrected chi connectivity index (χ1v) is 13.6. The van der Waals surface area contributed by atoms with E-state index in [9.17, 15) is 9.90 Å². The van der Waals surface area contributed by atoms with Crippen molar-refractivity contribution in [2.75, 3.05) is 37.7 Å². The third-order valence-electron chi connectivity index (χ3n) is 6.48. The molecule has 34 heavy (non-hydrogen) atoms. The summed E-state index contributed by atoms with van der Waals surface area (Å²) < 4.78 is 5.99. The summed E-state index contributed by atoms with van der Waals surface area (Å²) in [6, 6.07) is 13.7. The number of fused-ring (bicyclic) bond motifs is 1. The summed E-state index contributed by atoms with van der Waals surface area (Å²) in [5.41, 5.74) is 1.59. The molecule has 1 N–H and O–H groups in total. The second-order valence-electron chi connectivity index (χ2n) is 8.75. The number of rotatable bonds is 9. The van der Waals surface area contributed by atoms with Crippen LogP contribution in [0.4, 0.5) is 5.13 Å². The van der Waals surface area contributed by atoms with Crippen LogP contribution in [0.25, 0.3) is 22.4 Å². The molecule has 0 radical (unpaired) electrons. The average Bonchev–Trinajstić information content (AvgIpc) is 3.63. The van der Waals surface area contributed by atoms with Gasteiger partial charge in [-0.1, -0.05) is 24.3 Å². The van der Waals surface area contributed by atoms with Crippen LogP contribution in [0, 0.1) is 5.92 Å². The van der Waals surface area contributed by atoms with Gasteiger partial charge in [-0.05, 0) is 74.8 Å². The van der Waals surface area contributed by atoms with Crippen molar-refractivity contribution in [2.24, 2.45) is 5.92 Å². The van der Waals surface area contributed by atoms with E-state index in [0.29, 0.717) is 17.6 Å². The number of nitrogens with zero attached hydrogens (tertiary/aromatic N) is 3. The zero-order valence-electron chi connectivity index (χ0n) is 19.1. The molecule has 0 aliphatic carbocycles. The number of piperidine rings is 1. The molecule has 0 atom stereocenters. The van der Waals surface area contributed by atoms with E-state index in [2.05, 4.69) is 4.90 Å². The van der Waals surface area contributed by atoms with Crippen LogP contribution in [0.3, 0.4) is 0 Å². The SMILES string of the molecule is O=C(c1cccs1)N(CCCN1CCC(CCO)CC1)c1nc(-c2cc3ccccc3o2)cs1. The van der Waals surface area contributed by atoms with Crippen LogP contribution in [-0.2, 0) is 0 Å². The Morgan fingerprint density at radius 1 is 1.18 bits per heavy atom. The maximum absolute atomic E-state index is 13.3. The van der Waals surface area contributed by atoms with Crippen molar-refractivity contribution in [3.8, 4) is 11.5 Å². The summed E-state index contributed by atoms with van der Waals surface area (Å²) >= 11 is 2.94. The van der Waals surface area contributed by atoms with Gasteiger partial charge >= 0.3 is 0 Å². The lowest BCUT2D eigenvalue weighted by atomic mass is 9.94. The van der Waals surface area contributed by atoms with Crippen molar-refractivity contribution in [2.45, 2.75) is 25.7 Å². The van der Waals surface area contributed by atoms with E-state index < -0.39 is 0 Å². The first-order valence-electron chi connectivity index (χ1n) is 11.8. The number of amides is 1. The molecule has 1 aromatic carbocycles. The highest BCUT2D eigenvalue weighted by Crippen LogP contribution is 2.32. The number of anilines is 1. The topological polar surface area (TPSA) is 69.8 Å². The minimum atomic E-state index is 0.00200. The Kier molecular flexibility index (Phi) is 7.39. The molecule has 0 saturated carbocycles. The van der Waals surface area contributed by atoms with Crippen LogP contribution in [0.1, 0.15) is 35.4 Å². The van der Waals surface area contributed by atoms with Crippen LogP contribution < -0.4 is 4.90 Å². The predicted molar refractivity (Wildman–Crippen MR) is 139 cm³/mol. The van der Waals surface area contributed by atoms with Crippen LogP contribution >= 0.6 is 22.7 Å². The average molecular weight is 496 g/mol. The summed E-state index contributed by atoms with van der Waals surface area (Å²) in [6.07, 6.45) is 4.09. The third kappa shape index (κ3) is 5.25. The van der Waals surface area contributed by atoms with Crippen molar-refractivity contribution in [1.82, 2.24) is 9.88 Å². The van der Waals surface area contributed by atoms with Crippen molar-refractivity contribution in [3.63, 3.8) is 0 Å². The van der Waals surface area contributed by atoms with Gasteiger partial charge in [0.2, 0.25) is 0 Å². The number of furan rings is 1. The number of aliphatic hydroxyl groups excluding tert-OH is 1. The summed E-state index contributed by atoms with van der Waals surface area (Å²) in [5, 5.41) is 14.8. The molecule has 5 rings (SSSR count). The summed E-state index contributed by atoms with van der Waals surface area (Å²) in [6.45, 7) is 4.00. The van der Waals surface area contributed by atoms with E-state index in [0.717, 1.165) is 72.6 Å². The van der Waals surface area contributed by atoms with E-state index in [1.54, 1.807) is 0 Å². The first kappa shape index (κ1) is 23.2. The van der Waals surface area contributed by atoms with E-state index in [1.807, 2.05) is 58.1 Å². The van der Waals surface area contributed by atoms with E-state index in [4.69, 9.17) is 9.40 Å². The lowest BCUT2D eigenvalue weighted by Gasteiger charge is -2.32. The van der Waals surface area contributed by atoms with Crippen molar-refractivity contribution in [1.29, 1.82) is 0 Å². The summed E-state index contributed by atoms with van der Waals surface area (Å²) in [7, 11) is 0. The van der Waals surface area contributed by atoms with Crippen LogP contribution in [0.15, 0.2) is 57.6 Å². The summed E-state index contributed by atoms with van der Waals surface area (Å²) in [4.78, 5) is 23.2. The fraction of sp³-hybridized carbons (Fsp3) is 0.385. The molecule has 3 aromatic heterocycles. The molecule has 1 amide bonds. The molecule has 1 saturated heterocycles. The fourth-order valence-corrected chi connectivity index (χ4v) is 6.07. The number of likely N-dealkylation sites (tertiary alicyclic amines) is 1. The Morgan fingerprint density at radius 3 is 2.79 bits per heavy atom. The number of hydrogen-bond acceptors (Lipinski definition) is 7. The number of hydrogen-bond donors (Lipinski definition) is 1. The van der Waals surface area contributed by atoms with E-state index in [-0.39, 0.29) is 12.5 Å². The van der Waals surface area contributed by atoms with Gasteiger partial charge in [-0.25, -0.2) is 4.98 Å². The standard InChI is InChI=1S/C26H29N3O3S2/c30-15-10-19-8-13-28(14-9-19)11-4-12-29(25(31)24-7-3-16-33-24)26-27-21(18-34-26)23-17-20-5-1-2-6-22(20)32-23/h1-3,5-7,16-19,30H,4,8-15H2. The van der Waals surface area contributed by atoms with Crippen LogP contribution in [0.5, 0.6) is 0 Å². The highest BCUT2D eigenvalue weighted by atomic mass is 32.1. The molecule has 8 heteroatoms. The number of thiophene rings is 1. The molecular weight excluding hydrogens is 466 g/mol. The maximum atomic E-state index is 13.3. The zero-order valence-corrected chi connectivity index (χ0v) is 20.7. The Morgan fingerprint density at radius 2 is 2.03 bits per heavy atom. The Balaban J connectivity index is 1.28. The monoisotopic (exact) mass is 495 g/mol. The number of thiazole rings is 1. The van der Waals surface area contributed by atoms with E-state index in [1.165, 1.54) is 22.7 Å². The Labute approximate surface area is 207 Å². The van der Waals surface area contributed by atoms with Crippen molar-refractivity contribution < 1.29 is 14.3 Å². The Hall–Kier alpha value is -2.52. The molecular formula is C26H29N3O3S2. The molecule has 178 valence electrons. The van der Waals surface area contributed by atoms with Crippen LogP contribution in [0.2, 0.25) is 0 Å². The zero-order chi connectivity index (χ0) is 23.3. The third-order valence-corrected chi connectivity index (χ3v) is 8.20. The van der Waals surface area contributed by atoms with Crippen molar-refractivity contribution >= 4 is 44.7 Å². The molecule has 4 aromatic rings. The normalized spacial score (nSPS) is 15.2. The minimum Gasteiger partial charge on any atom is -0.454 e. The van der Waals surface area contributed by atoms with Crippen LogP contribution in [-0.4, -0.2) is 53.7 Å². The number of benzene rings is 1. The smallest absolute Gasteiger partial charge is 0.270 e. The lowest BCUT2D eigenvalue weighted by Crippen LogP contribution is -2.37. The number of aliphatic hydroxyl groups is 1. The van der Waals surface area contributed by atoms with E-state index >= 15 is 0 Å². The molecule has 0 bridgehead atoms. The second-order valence-corrected chi connectivity index (χ2v) is 10.5. The van der Waals surface area contributed by atoms with Gasteiger partial charge in [0.05, 0.1) is 4.88 Å². The highest BCUT2D eigenvalue weighted by Gasteiger charge is 2.24. The Bertz CT molecular complexity index is 1180. The number of carbonyl (C=O) groups is 1. The lowest BCUT2D eigenvalue weighted by molar-refractivity contribution is 0.0988. The molecule has 4 heterocycles. The highest BCUT2D eigenvalue weighted by molar-refractivity contribution is 7.14. The number of aromatic nitrogens is 1. The second kappa shape index (κ2) is 10.8. The van der Waals surface area contributed by atoms with Crippen molar-refractivity contribution in [3.05, 3.63) is 58.1 Å². The largest absolute Gasteiger partial charge is 0.454 e. The molecule has 1 aliphatic rings. The van der Waals surface area contributed by atoms with Gasteiger partial charge < -0.3 is 14.4 Å². The molecule has 1 aliphatic heterocycles. The number of carbonyl (C=O) groups excluding carboxylic acids is 1. The van der Waals surface area contributed by atoms with Gasteiger partial charge in [0.15, 0.2) is 10.9 Å². The quantitative estimate of drug-likeness (QED) is 0.320. The van der Waals surface area contributed by atoms with Gasteiger partial charge in [0, 0.05) is 23.9 Å². The predicted octanol–water partition coefficient (Wildman–Crippen LogP) is 5.75. The van der Waals surface area contributed by atoms with Gasteiger partial charge in [0.25, 0.3) is 5.91 Å². The molecule has 6 nitrogen and oxygen atoms in total. The van der Waals surface area contributed by atoms with Gasteiger partial charge in [0.1, 0.15) is 11.3 Å². The minimum absolute atomic E-state index is 0.00200. The number of para-hydroxylation sites is 1. The summed E-state index contributed by atoms with van der Waals surface area (Å²) in [5.74, 6) is 1.37. The van der Waals surface area contributed by atoms with Gasteiger partial charge in [-0.15, -0.1) is 22.7 Å². The molecule has 0 unspecified atom stereocenters. The molecule has 0 spiro atoms. The fourth-order valence-electron chi connectivity index (χ4n) is 4.56. The van der Waals surface area contributed by atoms with Gasteiger partial charge in [-0.3, -0.25) is 9.69 Å². The molecule has 1 fully saturated rings. The van der Waals surface area contributed by atoms with Gasteiger partial charge in [-0.2, -0.15) is 0 Å². The maximum Gasteiger partial charge on any atom is 0.270 e.